The standard InChI is InChI=1S/C36H42Si3/c1-37(2,3)34-25-19-13-10-16-22(25)28-31(34)29-23-17-11-14-20-26(23)35(38(4,5)6)33(29)30-24-18-12-15-21-27(24)36(32(28)30)39(7,8)9/h10-21,34-36H,1-9H3/t34-,35-,36+/m1/s1. The van der Waals surface area contributed by atoms with Crippen molar-refractivity contribution in [2.75, 3.05) is 0 Å². The fraction of sp³-hybridized carbons (Fsp3) is 0.333. The zero-order valence-electron chi connectivity index (χ0n) is 25.2. The zero-order valence-corrected chi connectivity index (χ0v) is 28.2. The minimum atomic E-state index is -1.62. The second kappa shape index (κ2) is 8.05. The van der Waals surface area contributed by atoms with Crippen LogP contribution in [0.25, 0.3) is 33.4 Å². The highest BCUT2D eigenvalue weighted by atomic mass is 28.3. The third-order valence-corrected chi connectivity index (χ3v) is 16.7. The second-order valence-corrected chi connectivity index (χ2v) is 31.5. The second-order valence-electron chi connectivity index (χ2n) is 15.5. The molecule has 0 heterocycles. The van der Waals surface area contributed by atoms with Gasteiger partial charge in [0.25, 0.3) is 0 Å². The van der Waals surface area contributed by atoms with E-state index in [1.807, 2.05) is 0 Å². The van der Waals surface area contributed by atoms with Crippen LogP contribution in [0, 0.1) is 0 Å². The Balaban J connectivity index is 1.76. The van der Waals surface area contributed by atoms with Gasteiger partial charge in [0.1, 0.15) is 0 Å². The molecule has 0 radical (unpaired) electrons. The highest BCUT2D eigenvalue weighted by Crippen LogP contribution is 2.66. The number of hydrogen-bond acceptors (Lipinski definition) is 0. The lowest BCUT2D eigenvalue weighted by molar-refractivity contribution is 1.08. The van der Waals surface area contributed by atoms with Gasteiger partial charge in [-0.3, -0.25) is 0 Å². The van der Waals surface area contributed by atoms with E-state index in [9.17, 15) is 0 Å². The molecule has 0 aliphatic heterocycles. The molecule has 198 valence electrons. The molecule has 4 aromatic carbocycles. The molecule has 0 aromatic heterocycles. The van der Waals surface area contributed by atoms with Gasteiger partial charge in [-0.25, -0.2) is 0 Å². The van der Waals surface area contributed by atoms with Crippen molar-refractivity contribution < 1.29 is 0 Å². The van der Waals surface area contributed by atoms with E-state index in [0.717, 1.165) is 0 Å². The number of benzene rings is 4. The molecule has 0 amide bonds. The maximum atomic E-state index is 2.60. The molecule has 7 rings (SSSR count). The molecule has 0 saturated carbocycles. The molecule has 3 atom stereocenters. The highest BCUT2D eigenvalue weighted by Gasteiger charge is 2.52. The minimum Gasteiger partial charge on any atom is -0.0688 e. The van der Waals surface area contributed by atoms with Crippen molar-refractivity contribution in [2.24, 2.45) is 0 Å². The maximum Gasteiger partial charge on any atom is 0.0574 e. The average molecular weight is 559 g/mol. The van der Waals surface area contributed by atoms with Gasteiger partial charge >= 0.3 is 0 Å². The molecule has 0 bridgehead atoms. The summed E-state index contributed by atoms with van der Waals surface area (Å²) in [6.45, 7) is 23.4. The number of rotatable bonds is 3. The first-order valence-electron chi connectivity index (χ1n) is 14.8. The zero-order chi connectivity index (χ0) is 27.6. The van der Waals surface area contributed by atoms with Crippen molar-refractivity contribution in [1.29, 1.82) is 0 Å². The van der Waals surface area contributed by atoms with Crippen molar-refractivity contribution >= 4 is 24.2 Å². The SMILES string of the molecule is C[Si](C)(C)[C@@H]1c2ccccc2-c2c1c1c(c3c2[C@@H]([Si](C)(C)C)c2ccccc2-3)[C@H]([Si](C)(C)C)c2ccccc2-1. The molecule has 0 N–H and O–H groups in total. The smallest absolute Gasteiger partial charge is 0.0574 e. The first-order chi connectivity index (χ1) is 18.3. The fourth-order valence-corrected chi connectivity index (χ4v) is 15.7. The van der Waals surface area contributed by atoms with E-state index in [4.69, 9.17) is 0 Å². The summed E-state index contributed by atoms with van der Waals surface area (Å²) < 4.78 is 0. The van der Waals surface area contributed by atoms with Gasteiger partial charge in [-0.2, -0.15) is 0 Å². The number of fused-ring (bicyclic) bond motifs is 12. The minimum absolute atomic E-state index is 0.530. The van der Waals surface area contributed by atoms with Gasteiger partial charge in [0.2, 0.25) is 0 Å². The molecule has 3 aliphatic rings. The summed E-state index contributed by atoms with van der Waals surface area (Å²) in [6, 6.07) is 28.5. The Labute approximate surface area is 238 Å². The first-order valence-corrected chi connectivity index (χ1v) is 25.6. The van der Waals surface area contributed by atoms with Crippen molar-refractivity contribution in [3.63, 3.8) is 0 Å². The van der Waals surface area contributed by atoms with E-state index in [1.165, 1.54) is 16.7 Å². The summed E-state index contributed by atoms with van der Waals surface area (Å²) in [7, 11) is -4.85. The molecular weight excluding hydrogens is 517 g/mol. The van der Waals surface area contributed by atoms with E-state index in [1.54, 1.807) is 50.1 Å². The maximum absolute atomic E-state index is 2.60. The van der Waals surface area contributed by atoms with Crippen LogP contribution in [0.4, 0.5) is 0 Å². The van der Waals surface area contributed by atoms with E-state index < -0.39 is 24.2 Å². The predicted octanol–water partition coefficient (Wildman–Crippen LogP) is 10.7. The van der Waals surface area contributed by atoms with Crippen molar-refractivity contribution in [3.05, 3.63) is 106 Å². The van der Waals surface area contributed by atoms with Gasteiger partial charge in [0, 0.05) is 16.6 Å². The Morgan fingerprint density at radius 1 is 0.359 bits per heavy atom. The monoisotopic (exact) mass is 558 g/mol. The molecule has 39 heavy (non-hydrogen) atoms. The third-order valence-electron chi connectivity index (χ3n) is 9.70. The van der Waals surface area contributed by atoms with E-state index in [0.29, 0.717) is 16.6 Å². The van der Waals surface area contributed by atoms with Gasteiger partial charge in [0.05, 0.1) is 24.2 Å². The quantitative estimate of drug-likeness (QED) is 0.219. The molecule has 0 fully saturated rings. The molecule has 0 unspecified atom stereocenters. The molecule has 0 nitrogen and oxygen atoms in total. The largest absolute Gasteiger partial charge is 0.0688 e. The van der Waals surface area contributed by atoms with Gasteiger partial charge in [-0.05, 0) is 66.8 Å². The van der Waals surface area contributed by atoms with Crippen LogP contribution in [0.2, 0.25) is 58.9 Å². The van der Waals surface area contributed by atoms with Crippen LogP contribution < -0.4 is 0 Å². The summed E-state index contributed by atoms with van der Waals surface area (Å²) in [5, 5.41) is 0. The van der Waals surface area contributed by atoms with E-state index in [-0.39, 0.29) is 0 Å². The van der Waals surface area contributed by atoms with Gasteiger partial charge in [-0.15, -0.1) is 0 Å². The molecular formula is C36H42Si3. The van der Waals surface area contributed by atoms with Gasteiger partial charge in [0.15, 0.2) is 0 Å². The lowest BCUT2D eigenvalue weighted by atomic mass is 9.86. The summed E-state index contributed by atoms with van der Waals surface area (Å²) >= 11 is 0. The average Bonchev–Trinajstić information content (AvgIpc) is 3.48. The first kappa shape index (κ1) is 25.5. The van der Waals surface area contributed by atoms with Crippen molar-refractivity contribution in [2.45, 2.75) is 75.5 Å². The normalized spacial score (nSPS) is 20.7. The van der Waals surface area contributed by atoms with Crippen molar-refractivity contribution in [1.82, 2.24) is 0 Å². The fourth-order valence-electron chi connectivity index (χ4n) is 8.64. The Kier molecular flexibility index (Phi) is 5.26. The van der Waals surface area contributed by atoms with Crippen LogP contribution in [-0.2, 0) is 0 Å². The summed E-state index contributed by atoms with van der Waals surface area (Å²) in [5.74, 6) is 0. The summed E-state index contributed by atoms with van der Waals surface area (Å²) in [6.07, 6.45) is 0. The van der Waals surface area contributed by atoms with Crippen LogP contribution in [0.15, 0.2) is 72.8 Å². The van der Waals surface area contributed by atoms with E-state index >= 15 is 0 Å². The molecule has 3 heteroatoms. The highest BCUT2D eigenvalue weighted by molar-refractivity contribution is 6.80. The third kappa shape index (κ3) is 3.39. The molecule has 4 aromatic rings. The molecule has 0 saturated heterocycles. The van der Waals surface area contributed by atoms with Crippen molar-refractivity contribution in [3.8, 4) is 33.4 Å². The Hall–Kier alpha value is -2.47. The predicted molar refractivity (Wildman–Crippen MR) is 178 cm³/mol. The topological polar surface area (TPSA) is 0 Å². The molecule has 0 spiro atoms. The summed E-state index contributed by atoms with van der Waals surface area (Å²) in [5.41, 5.74) is 21.0. The van der Waals surface area contributed by atoms with Crippen LogP contribution in [0.1, 0.15) is 50.0 Å². The summed E-state index contributed by atoms with van der Waals surface area (Å²) in [4.78, 5) is 0. The van der Waals surface area contributed by atoms with Crippen LogP contribution in [0.5, 0.6) is 0 Å². The molecule has 3 aliphatic carbocycles. The van der Waals surface area contributed by atoms with Crippen LogP contribution in [0.3, 0.4) is 0 Å². The lowest BCUT2D eigenvalue weighted by Gasteiger charge is -2.34. The Morgan fingerprint density at radius 2 is 0.590 bits per heavy atom. The Bertz CT molecular complexity index is 1450. The van der Waals surface area contributed by atoms with E-state index in [2.05, 4.69) is 132 Å². The van der Waals surface area contributed by atoms with Gasteiger partial charge in [-0.1, -0.05) is 132 Å². The van der Waals surface area contributed by atoms with Crippen LogP contribution in [-0.4, -0.2) is 24.2 Å². The van der Waals surface area contributed by atoms with Gasteiger partial charge < -0.3 is 0 Å². The Morgan fingerprint density at radius 3 is 0.821 bits per heavy atom. The van der Waals surface area contributed by atoms with Crippen LogP contribution >= 0.6 is 0 Å². The lowest BCUT2D eigenvalue weighted by Crippen LogP contribution is -2.33. The number of hydrogen-bond donors (Lipinski definition) is 0.